The molecule has 4 rings (SSSR count). The summed E-state index contributed by atoms with van der Waals surface area (Å²) in [7, 11) is 1.69. The summed E-state index contributed by atoms with van der Waals surface area (Å²) in [4.78, 5) is 14.8. The van der Waals surface area contributed by atoms with Gasteiger partial charge < -0.3 is 14.2 Å². The Hall–Kier alpha value is -2.37. The zero-order chi connectivity index (χ0) is 17.9. The van der Waals surface area contributed by atoms with E-state index in [2.05, 4.69) is 11.0 Å². The van der Waals surface area contributed by atoms with Crippen molar-refractivity contribution < 1.29 is 19.0 Å². The van der Waals surface area contributed by atoms with E-state index in [-0.39, 0.29) is 11.9 Å². The fraction of sp³-hybridized carbons (Fsp3) is 0.381. The Bertz CT molecular complexity index is 798. The van der Waals surface area contributed by atoms with Crippen LogP contribution >= 0.6 is 0 Å². The van der Waals surface area contributed by atoms with Gasteiger partial charge >= 0.3 is 0 Å². The van der Waals surface area contributed by atoms with Crippen LogP contribution in [0.3, 0.4) is 0 Å². The first-order chi connectivity index (χ1) is 12.7. The minimum absolute atomic E-state index is 0.127. The van der Waals surface area contributed by atoms with Gasteiger partial charge in [-0.25, -0.2) is 0 Å². The Morgan fingerprint density at radius 3 is 2.77 bits per heavy atom. The van der Waals surface area contributed by atoms with Crippen LogP contribution in [0.5, 0.6) is 11.5 Å². The smallest absolute Gasteiger partial charge is 0.170 e. The minimum Gasteiger partial charge on any atom is -0.496 e. The first kappa shape index (κ1) is 17.1. The van der Waals surface area contributed by atoms with Gasteiger partial charge in [-0.15, -0.1) is 0 Å². The molecule has 2 heterocycles. The van der Waals surface area contributed by atoms with E-state index in [0.29, 0.717) is 17.7 Å². The largest absolute Gasteiger partial charge is 0.496 e. The maximum atomic E-state index is 12.5. The van der Waals surface area contributed by atoms with Crippen LogP contribution in [0.1, 0.15) is 34.0 Å². The number of benzene rings is 2. The van der Waals surface area contributed by atoms with E-state index in [1.165, 1.54) is 0 Å². The van der Waals surface area contributed by atoms with Crippen molar-refractivity contribution in [3.8, 4) is 11.5 Å². The standard InChI is InChI=1S/C21H23NO4/c1-24-19-7-6-15(12-16(19)14-22-8-10-25-11-9-22)21-13-18(23)17-4-2-3-5-20(17)26-21/h2-7,12,21H,8-11,13-14H2,1H3. The Morgan fingerprint density at radius 2 is 1.96 bits per heavy atom. The third kappa shape index (κ3) is 3.45. The minimum atomic E-state index is -0.258. The topological polar surface area (TPSA) is 48.0 Å². The van der Waals surface area contributed by atoms with Crippen molar-refractivity contribution in [1.82, 2.24) is 4.90 Å². The average Bonchev–Trinajstić information content (AvgIpc) is 2.69. The van der Waals surface area contributed by atoms with Gasteiger partial charge in [-0.3, -0.25) is 9.69 Å². The number of nitrogens with zero attached hydrogens (tertiary/aromatic N) is 1. The molecule has 1 unspecified atom stereocenters. The lowest BCUT2D eigenvalue weighted by atomic mass is 9.95. The maximum absolute atomic E-state index is 12.5. The van der Waals surface area contributed by atoms with E-state index in [1.807, 2.05) is 36.4 Å². The molecule has 0 saturated carbocycles. The average molecular weight is 353 g/mol. The summed E-state index contributed by atoms with van der Waals surface area (Å²) in [6.45, 7) is 4.16. The molecule has 1 atom stereocenters. The van der Waals surface area contributed by atoms with Crippen LogP contribution in [-0.4, -0.2) is 44.1 Å². The molecule has 0 radical (unpaired) electrons. The molecule has 5 nitrogen and oxygen atoms in total. The molecule has 0 N–H and O–H groups in total. The first-order valence-electron chi connectivity index (χ1n) is 9.00. The lowest BCUT2D eigenvalue weighted by Crippen LogP contribution is -2.35. The molecular formula is C21H23NO4. The zero-order valence-corrected chi connectivity index (χ0v) is 14.9. The molecule has 1 saturated heterocycles. The number of hydrogen-bond donors (Lipinski definition) is 0. The van der Waals surface area contributed by atoms with E-state index in [0.717, 1.165) is 49.7 Å². The van der Waals surface area contributed by atoms with E-state index in [4.69, 9.17) is 14.2 Å². The second-order valence-corrected chi connectivity index (χ2v) is 6.69. The lowest BCUT2D eigenvalue weighted by Gasteiger charge is -2.29. The van der Waals surface area contributed by atoms with Crippen LogP contribution < -0.4 is 9.47 Å². The molecule has 0 spiro atoms. The molecule has 0 amide bonds. The molecule has 2 aromatic carbocycles. The number of carbonyl (C=O) groups excluding carboxylic acids is 1. The first-order valence-corrected chi connectivity index (χ1v) is 9.00. The molecule has 0 aliphatic carbocycles. The quantitative estimate of drug-likeness (QED) is 0.845. The second kappa shape index (κ2) is 7.48. The predicted octanol–water partition coefficient (Wildman–Crippen LogP) is 3.23. The normalized spacial score (nSPS) is 20.3. The van der Waals surface area contributed by atoms with Crippen LogP contribution in [0.25, 0.3) is 0 Å². The Balaban J connectivity index is 1.59. The fourth-order valence-electron chi connectivity index (χ4n) is 3.58. The number of Topliss-reactive ketones (excluding diaryl/α,β-unsaturated/α-hetero) is 1. The van der Waals surface area contributed by atoms with E-state index in [1.54, 1.807) is 7.11 Å². The third-order valence-electron chi connectivity index (χ3n) is 5.00. The van der Waals surface area contributed by atoms with Crippen LogP contribution in [0.15, 0.2) is 42.5 Å². The van der Waals surface area contributed by atoms with Gasteiger partial charge in [0.2, 0.25) is 0 Å². The molecule has 2 aliphatic rings. The molecule has 136 valence electrons. The summed E-state index contributed by atoms with van der Waals surface area (Å²) in [6, 6.07) is 13.5. The summed E-state index contributed by atoms with van der Waals surface area (Å²) in [6.07, 6.45) is 0.104. The Morgan fingerprint density at radius 1 is 1.15 bits per heavy atom. The second-order valence-electron chi connectivity index (χ2n) is 6.69. The monoisotopic (exact) mass is 353 g/mol. The maximum Gasteiger partial charge on any atom is 0.170 e. The number of rotatable bonds is 4. The van der Waals surface area contributed by atoms with Gasteiger partial charge in [-0.1, -0.05) is 18.2 Å². The van der Waals surface area contributed by atoms with Gasteiger partial charge in [0, 0.05) is 25.2 Å². The predicted molar refractivity (Wildman–Crippen MR) is 97.8 cm³/mol. The van der Waals surface area contributed by atoms with Gasteiger partial charge in [0.25, 0.3) is 0 Å². The molecule has 0 bridgehead atoms. The number of para-hydroxylation sites is 1. The van der Waals surface area contributed by atoms with Crippen molar-refractivity contribution in [2.45, 2.75) is 19.1 Å². The highest BCUT2D eigenvalue weighted by Gasteiger charge is 2.28. The Labute approximate surface area is 153 Å². The van der Waals surface area contributed by atoms with Crippen molar-refractivity contribution in [3.63, 3.8) is 0 Å². The molecule has 5 heteroatoms. The Kier molecular flexibility index (Phi) is 4.91. The van der Waals surface area contributed by atoms with Gasteiger partial charge in [0.15, 0.2) is 5.78 Å². The molecular weight excluding hydrogens is 330 g/mol. The van der Waals surface area contributed by atoms with Gasteiger partial charge in [0.05, 0.1) is 32.3 Å². The molecule has 1 fully saturated rings. The summed E-state index contributed by atoms with van der Waals surface area (Å²) < 4.78 is 17.1. The number of ketones is 1. The molecule has 2 aliphatic heterocycles. The highest BCUT2D eigenvalue weighted by atomic mass is 16.5. The van der Waals surface area contributed by atoms with E-state index < -0.39 is 0 Å². The SMILES string of the molecule is COc1ccc(C2CC(=O)c3ccccc3O2)cc1CN1CCOCC1. The van der Waals surface area contributed by atoms with Crippen LogP contribution in [-0.2, 0) is 11.3 Å². The summed E-state index contributed by atoms with van der Waals surface area (Å²) in [5.74, 6) is 1.66. The van der Waals surface area contributed by atoms with Crippen molar-refractivity contribution >= 4 is 5.78 Å². The van der Waals surface area contributed by atoms with Crippen molar-refractivity contribution in [3.05, 3.63) is 59.2 Å². The molecule has 2 aromatic rings. The number of fused-ring (bicyclic) bond motifs is 1. The van der Waals surface area contributed by atoms with Gasteiger partial charge in [-0.05, 0) is 29.8 Å². The van der Waals surface area contributed by atoms with Gasteiger partial charge in [0.1, 0.15) is 17.6 Å². The highest BCUT2D eigenvalue weighted by Crippen LogP contribution is 2.36. The number of carbonyl (C=O) groups is 1. The van der Waals surface area contributed by atoms with Crippen LogP contribution in [0, 0.1) is 0 Å². The summed E-state index contributed by atoms with van der Waals surface area (Å²) in [5, 5.41) is 0. The summed E-state index contributed by atoms with van der Waals surface area (Å²) in [5.41, 5.74) is 2.80. The van der Waals surface area contributed by atoms with E-state index in [9.17, 15) is 4.79 Å². The number of ether oxygens (including phenoxy) is 3. The third-order valence-corrected chi connectivity index (χ3v) is 5.00. The number of methoxy groups -OCH3 is 1. The molecule has 0 aromatic heterocycles. The summed E-state index contributed by atoms with van der Waals surface area (Å²) >= 11 is 0. The lowest BCUT2D eigenvalue weighted by molar-refractivity contribution is 0.0338. The highest BCUT2D eigenvalue weighted by molar-refractivity contribution is 5.99. The number of hydrogen-bond acceptors (Lipinski definition) is 5. The molecule has 26 heavy (non-hydrogen) atoms. The van der Waals surface area contributed by atoms with Crippen LogP contribution in [0.4, 0.5) is 0 Å². The van der Waals surface area contributed by atoms with Crippen molar-refractivity contribution in [1.29, 1.82) is 0 Å². The number of morpholine rings is 1. The zero-order valence-electron chi connectivity index (χ0n) is 14.9. The van der Waals surface area contributed by atoms with Crippen molar-refractivity contribution in [2.75, 3.05) is 33.4 Å². The van der Waals surface area contributed by atoms with Crippen molar-refractivity contribution in [2.24, 2.45) is 0 Å². The van der Waals surface area contributed by atoms with Gasteiger partial charge in [-0.2, -0.15) is 0 Å². The van der Waals surface area contributed by atoms with Crippen LogP contribution in [0.2, 0.25) is 0 Å². The fourth-order valence-corrected chi connectivity index (χ4v) is 3.58. The van der Waals surface area contributed by atoms with E-state index >= 15 is 0 Å².